The van der Waals surface area contributed by atoms with Gasteiger partial charge in [-0.3, -0.25) is 9.59 Å². The molecule has 1 amide bonds. The molecular weight excluding hydrogens is 731 g/mol. The van der Waals surface area contributed by atoms with Gasteiger partial charge in [-0.05, 0) is 44.9 Å². The Balaban J connectivity index is 4.60. The van der Waals surface area contributed by atoms with Gasteiger partial charge in [-0.25, -0.2) is 0 Å². The molecule has 0 spiro atoms. The molecule has 6 heteroatoms. The van der Waals surface area contributed by atoms with E-state index >= 15 is 0 Å². The minimum atomic E-state index is -0.789. The topological polar surface area (TPSA) is 95.9 Å². The van der Waals surface area contributed by atoms with E-state index in [9.17, 15) is 19.8 Å². The van der Waals surface area contributed by atoms with E-state index in [1.165, 1.54) is 128 Å². The summed E-state index contributed by atoms with van der Waals surface area (Å²) in [6.45, 7) is 6.34. The summed E-state index contributed by atoms with van der Waals surface area (Å²) < 4.78 is 5.92. The molecule has 0 bridgehead atoms. The van der Waals surface area contributed by atoms with E-state index in [1.54, 1.807) is 0 Å². The zero-order chi connectivity index (χ0) is 43.1. The van der Waals surface area contributed by atoms with Crippen LogP contribution in [0.25, 0.3) is 0 Å². The molecule has 0 aliphatic carbocycles. The van der Waals surface area contributed by atoms with E-state index < -0.39 is 18.2 Å². The lowest BCUT2D eigenvalue weighted by Gasteiger charge is -2.24. The summed E-state index contributed by atoms with van der Waals surface area (Å²) in [5.41, 5.74) is 0. The average Bonchev–Trinajstić information content (AvgIpc) is 3.23. The molecule has 0 aromatic heterocycles. The first-order valence-electron chi connectivity index (χ1n) is 25.4. The van der Waals surface area contributed by atoms with Gasteiger partial charge in [0.15, 0.2) is 0 Å². The second kappa shape index (κ2) is 46.9. The second-order valence-electron chi connectivity index (χ2n) is 17.3. The van der Waals surface area contributed by atoms with Crippen molar-refractivity contribution < 1.29 is 24.5 Å². The van der Waals surface area contributed by atoms with Gasteiger partial charge in [0.25, 0.3) is 0 Å². The van der Waals surface area contributed by atoms with Gasteiger partial charge in [0.05, 0.1) is 25.2 Å². The first-order chi connectivity index (χ1) is 29.0. The fourth-order valence-electron chi connectivity index (χ4n) is 7.68. The quantitative estimate of drug-likeness (QED) is 0.0323. The van der Waals surface area contributed by atoms with Gasteiger partial charge < -0.3 is 20.3 Å². The van der Waals surface area contributed by atoms with Crippen LogP contribution in [0.3, 0.4) is 0 Å². The predicted octanol–water partition coefficient (Wildman–Crippen LogP) is 15.1. The van der Waals surface area contributed by atoms with Crippen molar-refractivity contribution >= 4 is 11.9 Å². The summed E-state index contributed by atoms with van der Waals surface area (Å²) in [6, 6.07) is -0.704. The molecule has 0 aliphatic heterocycles. The molecule has 0 rings (SSSR count). The van der Waals surface area contributed by atoms with Gasteiger partial charge in [-0.1, -0.05) is 243 Å². The van der Waals surface area contributed by atoms with E-state index in [1.807, 2.05) is 18.2 Å². The number of carbonyl (C=O) groups is 2. The lowest BCUT2D eigenvalue weighted by molar-refractivity contribution is -0.151. The van der Waals surface area contributed by atoms with E-state index in [0.29, 0.717) is 19.3 Å². The second-order valence-corrected chi connectivity index (χ2v) is 17.3. The Bertz CT molecular complexity index is 1020. The Labute approximate surface area is 366 Å². The van der Waals surface area contributed by atoms with Gasteiger partial charge in [0.1, 0.15) is 6.10 Å². The highest BCUT2D eigenvalue weighted by Crippen LogP contribution is 2.18. The first-order valence-corrected chi connectivity index (χ1v) is 25.4. The number of ether oxygens (including phenoxy) is 1. The molecule has 0 aliphatic rings. The third-order valence-electron chi connectivity index (χ3n) is 11.5. The monoisotopic (exact) mass is 828 g/mol. The van der Waals surface area contributed by atoms with E-state index in [0.717, 1.165) is 77.0 Å². The van der Waals surface area contributed by atoms with Crippen LogP contribution in [0.1, 0.15) is 252 Å². The molecule has 0 saturated heterocycles. The number of amides is 1. The molecule has 0 saturated carbocycles. The van der Waals surface area contributed by atoms with Crippen molar-refractivity contribution in [3.8, 4) is 0 Å². The molecule has 0 fully saturated rings. The molecule has 0 radical (unpaired) electrons. The van der Waals surface area contributed by atoms with Crippen LogP contribution >= 0.6 is 0 Å². The van der Waals surface area contributed by atoms with Crippen LogP contribution in [0.4, 0.5) is 0 Å². The molecule has 0 heterocycles. The summed E-state index contributed by atoms with van der Waals surface area (Å²) >= 11 is 0. The van der Waals surface area contributed by atoms with Crippen molar-refractivity contribution in [2.45, 2.75) is 270 Å². The number of nitrogens with one attached hydrogen (secondary N) is 1. The van der Waals surface area contributed by atoms with Crippen molar-refractivity contribution in [3.05, 3.63) is 48.6 Å². The number of aliphatic hydroxyl groups excluding tert-OH is 2. The molecule has 0 aromatic rings. The van der Waals surface area contributed by atoms with Gasteiger partial charge in [0.2, 0.25) is 5.91 Å². The van der Waals surface area contributed by atoms with Crippen LogP contribution in [-0.4, -0.2) is 46.9 Å². The number of unbranched alkanes of at least 4 members (excludes halogenated alkanes) is 28. The maximum absolute atomic E-state index is 13.2. The lowest BCUT2D eigenvalue weighted by atomic mass is 10.0. The lowest BCUT2D eigenvalue weighted by Crippen LogP contribution is -2.46. The highest BCUT2D eigenvalue weighted by molar-refractivity contribution is 5.77. The highest BCUT2D eigenvalue weighted by Gasteiger charge is 2.24. The zero-order valence-corrected chi connectivity index (χ0v) is 39.1. The summed E-state index contributed by atoms with van der Waals surface area (Å²) in [5.74, 6) is -0.493. The predicted molar refractivity (Wildman–Crippen MR) is 255 cm³/mol. The molecule has 3 unspecified atom stereocenters. The van der Waals surface area contributed by atoms with Gasteiger partial charge in [-0.2, -0.15) is 0 Å². The molecule has 59 heavy (non-hydrogen) atoms. The summed E-state index contributed by atoms with van der Waals surface area (Å²) in [7, 11) is 0. The third kappa shape index (κ3) is 42.3. The molecular formula is C53H97NO5. The molecule has 344 valence electrons. The molecule has 6 nitrogen and oxygen atoms in total. The van der Waals surface area contributed by atoms with Crippen LogP contribution in [0.5, 0.6) is 0 Å². The summed E-state index contributed by atoms with van der Waals surface area (Å²) in [6.07, 6.45) is 55.9. The van der Waals surface area contributed by atoms with Crippen molar-refractivity contribution in [1.29, 1.82) is 0 Å². The molecule has 0 aromatic carbocycles. The van der Waals surface area contributed by atoms with Gasteiger partial charge >= 0.3 is 5.97 Å². The van der Waals surface area contributed by atoms with Crippen molar-refractivity contribution in [2.24, 2.45) is 0 Å². The number of allylic oxidation sites excluding steroid dienone is 8. The Kier molecular flexibility index (Phi) is 45.1. The van der Waals surface area contributed by atoms with Crippen LogP contribution in [0.2, 0.25) is 0 Å². The number of esters is 1. The standard InChI is InChI=1S/C53H97NO5/c1-4-7-10-13-16-19-22-25-26-28-31-34-37-40-43-46-53(58)59-49(44-41-38-35-32-29-27-23-20-17-14-11-8-5-2)47-52(57)54-50(48-55)51(56)45-42-39-36-33-30-24-21-18-15-12-9-6-3/h7,10,13,16,19,22,25-26,49-51,55-56H,4-6,8-9,11-12,14-15,17-18,20-21,23-24,27-48H2,1-3H3,(H,54,57)/b10-7+,16-13+,22-19+,26-25-. The Hall–Kier alpha value is -2.18. The highest BCUT2D eigenvalue weighted by atomic mass is 16.5. The maximum Gasteiger partial charge on any atom is 0.306 e. The van der Waals surface area contributed by atoms with Crippen LogP contribution < -0.4 is 5.32 Å². The zero-order valence-electron chi connectivity index (χ0n) is 39.1. The van der Waals surface area contributed by atoms with E-state index in [-0.39, 0.29) is 24.9 Å². The van der Waals surface area contributed by atoms with Crippen LogP contribution in [-0.2, 0) is 14.3 Å². The minimum absolute atomic E-state index is 0.0702. The fraction of sp³-hybridized carbons (Fsp3) is 0.811. The maximum atomic E-state index is 13.2. The van der Waals surface area contributed by atoms with Crippen molar-refractivity contribution in [1.82, 2.24) is 5.32 Å². The van der Waals surface area contributed by atoms with Crippen molar-refractivity contribution in [2.75, 3.05) is 6.61 Å². The SMILES string of the molecule is CC/C=C/C=C/C=C/C=C\CCCCCCCC(=O)OC(CCCCCCCCCCCCCCC)CC(=O)NC(CO)C(O)CCCCCCCCCCCCCC. The normalized spacial score (nSPS) is 13.6. The number of aliphatic hydroxyl groups is 2. The minimum Gasteiger partial charge on any atom is -0.462 e. The van der Waals surface area contributed by atoms with Crippen LogP contribution in [0.15, 0.2) is 48.6 Å². The Morgan fingerprint density at radius 2 is 0.915 bits per heavy atom. The number of carbonyl (C=O) groups excluding carboxylic acids is 2. The number of rotatable bonds is 45. The Morgan fingerprint density at radius 1 is 0.508 bits per heavy atom. The summed E-state index contributed by atoms with van der Waals surface area (Å²) in [4.78, 5) is 26.1. The smallest absolute Gasteiger partial charge is 0.306 e. The summed E-state index contributed by atoms with van der Waals surface area (Å²) in [5, 5.41) is 23.7. The third-order valence-corrected chi connectivity index (χ3v) is 11.5. The van der Waals surface area contributed by atoms with E-state index in [2.05, 4.69) is 56.5 Å². The number of hydrogen-bond donors (Lipinski definition) is 3. The average molecular weight is 828 g/mol. The fourth-order valence-corrected chi connectivity index (χ4v) is 7.68. The first kappa shape index (κ1) is 56.8. The largest absolute Gasteiger partial charge is 0.462 e. The van der Waals surface area contributed by atoms with Crippen LogP contribution in [0, 0.1) is 0 Å². The molecule has 3 N–H and O–H groups in total. The van der Waals surface area contributed by atoms with Crippen molar-refractivity contribution in [3.63, 3.8) is 0 Å². The Morgan fingerprint density at radius 3 is 1.39 bits per heavy atom. The van der Waals surface area contributed by atoms with E-state index in [4.69, 9.17) is 4.74 Å². The molecule has 3 atom stereocenters. The van der Waals surface area contributed by atoms with Gasteiger partial charge in [-0.15, -0.1) is 0 Å². The van der Waals surface area contributed by atoms with Gasteiger partial charge in [0, 0.05) is 6.42 Å². The number of hydrogen-bond acceptors (Lipinski definition) is 5.